The van der Waals surface area contributed by atoms with Crippen molar-refractivity contribution in [1.29, 1.82) is 0 Å². The van der Waals surface area contributed by atoms with Gasteiger partial charge in [-0.1, -0.05) is 6.92 Å². The minimum atomic E-state index is -0.118. The first kappa shape index (κ1) is 12.2. The molecule has 0 saturated heterocycles. The summed E-state index contributed by atoms with van der Waals surface area (Å²) in [6.45, 7) is 4.83. The molecule has 0 aromatic rings. The average Bonchev–Trinajstić information content (AvgIpc) is 2.11. The summed E-state index contributed by atoms with van der Waals surface area (Å²) in [4.78, 5) is 11.1. The third-order valence-corrected chi connectivity index (χ3v) is 1.71. The lowest BCUT2D eigenvalue weighted by molar-refractivity contribution is 0.234. The highest BCUT2D eigenvalue weighted by Crippen LogP contribution is 1.94. The second-order valence-corrected chi connectivity index (χ2v) is 3.17. The highest BCUT2D eigenvalue weighted by Gasteiger charge is 2.04. The average molecular weight is 188 g/mol. The predicted molar refractivity (Wildman–Crippen MR) is 52.6 cm³/mol. The molecule has 0 bridgehead atoms. The number of nitrogens with one attached hydrogen (secondary N) is 2. The zero-order valence-corrected chi connectivity index (χ0v) is 8.47. The van der Waals surface area contributed by atoms with E-state index in [1.54, 1.807) is 0 Å². The molecule has 0 aromatic heterocycles. The minimum Gasteiger partial charge on any atom is -0.396 e. The maximum absolute atomic E-state index is 11.1. The minimum absolute atomic E-state index is 0.118. The zero-order valence-electron chi connectivity index (χ0n) is 8.47. The van der Waals surface area contributed by atoms with Gasteiger partial charge in [-0.05, 0) is 26.2 Å². The number of carbonyl (C=O) groups excluding carboxylic acids is 1. The third kappa shape index (κ3) is 7.59. The summed E-state index contributed by atoms with van der Waals surface area (Å²) in [6.07, 6.45) is 2.49. The maximum atomic E-state index is 11.1. The van der Waals surface area contributed by atoms with Crippen LogP contribution in [0.5, 0.6) is 0 Å². The van der Waals surface area contributed by atoms with E-state index in [2.05, 4.69) is 10.6 Å². The molecule has 1 atom stereocenters. The van der Waals surface area contributed by atoms with Gasteiger partial charge in [0.2, 0.25) is 0 Å². The molecular weight excluding hydrogens is 168 g/mol. The van der Waals surface area contributed by atoms with Crippen LogP contribution in [0.3, 0.4) is 0 Å². The van der Waals surface area contributed by atoms with Crippen LogP contribution in [0.2, 0.25) is 0 Å². The monoisotopic (exact) mass is 188 g/mol. The highest BCUT2D eigenvalue weighted by atomic mass is 16.3. The normalized spacial score (nSPS) is 12.2. The van der Waals surface area contributed by atoms with Gasteiger partial charge in [0.25, 0.3) is 0 Å². The number of aliphatic hydroxyl groups is 1. The van der Waals surface area contributed by atoms with E-state index in [0.29, 0.717) is 6.54 Å². The van der Waals surface area contributed by atoms with E-state index in [9.17, 15) is 4.79 Å². The van der Waals surface area contributed by atoms with Crippen molar-refractivity contribution in [3.05, 3.63) is 0 Å². The van der Waals surface area contributed by atoms with Crippen LogP contribution >= 0.6 is 0 Å². The summed E-state index contributed by atoms with van der Waals surface area (Å²) in [6, 6.07) is 0.0105. The Balaban J connectivity index is 3.41. The zero-order chi connectivity index (χ0) is 10.1. The summed E-state index contributed by atoms with van der Waals surface area (Å²) in [5, 5.41) is 14.1. The van der Waals surface area contributed by atoms with E-state index < -0.39 is 0 Å². The molecule has 3 N–H and O–H groups in total. The molecule has 0 fully saturated rings. The summed E-state index contributed by atoms with van der Waals surface area (Å²) >= 11 is 0. The number of urea groups is 1. The maximum Gasteiger partial charge on any atom is 0.314 e. The molecule has 0 aliphatic rings. The van der Waals surface area contributed by atoms with Crippen molar-refractivity contribution in [2.24, 2.45) is 0 Å². The van der Waals surface area contributed by atoms with Gasteiger partial charge in [0.05, 0.1) is 0 Å². The van der Waals surface area contributed by atoms with Crippen molar-refractivity contribution < 1.29 is 9.90 Å². The van der Waals surface area contributed by atoms with E-state index in [1.165, 1.54) is 0 Å². The molecule has 0 spiro atoms. The Morgan fingerprint density at radius 2 is 2.23 bits per heavy atom. The largest absolute Gasteiger partial charge is 0.396 e. The van der Waals surface area contributed by atoms with Gasteiger partial charge < -0.3 is 15.7 Å². The first-order valence-corrected chi connectivity index (χ1v) is 4.86. The third-order valence-electron chi connectivity index (χ3n) is 1.71. The molecule has 0 radical (unpaired) electrons. The van der Waals surface area contributed by atoms with Crippen LogP contribution in [-0.2, 0) is 0 Å². The summed E-state index contributed by atoms with van der Waals surface area (Å²) in [5.41, 5.74) is 0. The second kappa shape index (κ2) is 7.86. The summed E-state index contributed by atoms with van der Waals surface area (Å²) < 4.78 is 0. The standard InChI is InChI=1S/C9H20N2O2/c1-3-6-10-9(13)11-8(2)5-4-7-12/h8,12H,3-7H2,1-2H3,(H2,10,11,13). The molecule has 4 heteroatoms. The fourth-order valence-corrected chi connectivity index (χ4v) is 0.983. The molecule has 0 saturated carbocycles. The Morgan fingerprint density at radius 3 is 2.77 bits per heavy atom. The molecule has 13 heavy (non-hydrogen) atoms. The topological polar surface area (TPSA) is 61.4 Å². The lowest BCUT2D eigenvalue weighted by atomic mass is 10.2. The Hall–Kier alpha value is -0.770. The van der Waals surface area contributed by atoms with Gasteiger partial charge >= 0.3 is 6.03 Å². The van der Waals surface area contributed by atoms with Gasteiger partial charge in [0.1, 0.15) is 0 Å². The van der Waals surface area contributed by atoms with Crippen molar-refractivity contribution in [1.82, 2.24) is 10.6 Å². The molecule has 4 nitrogen and oxygen atoms in total. The van der Waals surface area contributed by atoms with E-state index in [0.717, 1.165) is 19.3 Å². The molecule has 0 aromatic carbocycles. The summed E-state index contributed by atoms with van der Waals surface area (Å²) in [5.74, 6) is 0. The fourth-order valence-electron chi connectivity index (χ4n) is 0.983. The van der Waals surface area contributed by atoms with Crippen molar-refractivity contribution in [3.63, 3.8) is 0 Å². The molecule has 0 aliphatic carbocycles. The Bertz CT molecular complexity index is 140. The van der Waals surface area contributed by atoms with E-state index >= 15 is 0 Å². The van der Waals surface area contributed by atoms with Gasteiger partial charge in [0.15, 0.2) is 0 Å². The first-order valence-electron chi connectivity index (χ1n) is 4.86. The molecular formula is C9H20N2O2. The van der Waals surface area contributed by atoms with E-state index in [-0.39, 0.29) is 18.7 Å². The summed E-state index contributed by atoms with van der Waals surface area (Å²) in [7, 11) is 0. The van der Waals surface area contributed by atoms with Crippen LogP contribution in [0.25, 0.3) is 0 Å². The van der Waals surface area contributed by atoms with Crippen LogP contribution in [-0.4, -0.2) is 30.3 Å². The van der Waals surface area contributed by atoms with Crippen LogP contribution in [0.15, 0.2) is 0 Å². The smallest absolute Gasteiger partial charge is 0.314 e. The Labute approximate surface area is 79.7 Å². The number of hydrogen-bond donors (Lipinski definition) is 3. The quantitative estimate of drug-likeness (QED) is 0.579. The van der Waals surface area contributed by atoms with E-state index in [4.69, 9.17) is 5.11 Å². The molecule has 0 aliphatic heterocycles. The van der Waals surface area contributed by atoms with Gasteiger partial charge in [-0.3, -0.25) is 0 Å². The number of carbonyl (C=O) groups is 1. The number of hydrogen-bond acceptors (Lipinski definition) is 2. The highest BCUT2D eigenvalue weighted by molar-refractivity contribution is 5.74. The van der Waals surface area contributed by atoms with Gasteiger partial charge in [-0.25, -0.2) is 4.79 Å². The van der Waals surface area contributed by atoms with Crippen molar-refractivity contribution >= 4 is 6.03 Å². The molecule has 0 heterocycles. The number of aliphatic hydroxyl groups excluding tert-OH is 1. The molecule has 2 amide bonds. The lowest BCUT2D eigenvalue weighted by Gasteiger charge is -2.13. The van der Waals surface area contributed by atoms with Crippen LogP contribution in [0.1, 0.15) is 33.1 Å². The number of amides is 2. The van der Waals surface area contributed by atoms with Crippen molar-refractivity contribution in [2.75, 3.05) is 13.2 Å². The van der Waals surface area contributed by atoms with Crippen molar-refractivity contribution in [3.8, 4) is 0 Å². The van der Waals surface area contributed by atoms with E-state index in [1.807, 2.05) is 13.8 Å². The second-order valence-electron chi connectivity index (χ2n) is 3.17. The van der Waals surface area contributed by atoms with Gasteiger partial charge in [-0.15, -0.1) is 0 Å². The molecule has 1 unspecified atom stereocenters. The van der Waals surface area contributed by atoms with Crippen LogP contribution < -0.4 is 10.6 Å². The first-order chi connectivity index (χ1) is 6.20. The Kier molecular flexibility index (Phi) is 7.39. The SMILES string of the molecule is CCCNC(=O)NC(C)CCCO. The molecule has 78 valence electrons. The van der Waals surface area contributed by atoms with Gasteiger partial charge in [-0.2, -0.15) is 0 Å². The van der Waals surface area contributed by atoms with Gasteiger partial charge in [0, 0.05) is 19.2 Å². The number of rotatable bonds is 6. The van der Waals surface area contributed by atoms with Crippen LogP contribution in [0.4, 0.5) is 4.79 Å². The van der Waals surface area contributed by atoms with Crippen molar-refractivity contribution in [2.45, 2.75) is 39.2 Å². The lowest BCUT2D eigenvalue weighted by Crippen LogP contribution is -2.41. The fraction of sp³-hybridized carbons (Fsp3) is 0.889. The molecule has 0 rings (SSSR count). The predicted octanol–water partition coefficient (Wildman–Crippen LogP) is 0.857. The Morgan fingerprint density at radius 1 is 1.54 bits per heavy atom. The van der Waals surface area contributed by atoms with Crippen LogP contribution in [0, 0.1) is 0 Å².